The largest absolute Gasteiger partial charge is 0.388 e. The molecule has 1 amide bonds. The van der Waals surface area contributed by atoms with Crippen molar-refractivity contribution in [1.29, 1.82) is 5.41 Å². The first-order chi connectivity index (χ1) is 23.9. The van der Waals surface area contributed by atoms with Gasteiger partial charge in [-0.25, -0.2) is 13.8 Å². The smallest absolute Gasteiger partial charge is 0.246 e. The number of nitrogens with one attached hydrogen (secondary N) is 2. The molecule has 0 radical (unpaired) electrons. The van der Waals surface area contributed by atoms with E-state index in [0.29, 0.717) is 91.4 Å². The first kappa shape index (κ1) is 32.5. The van der Waals surface area contributed by atoms with Crippen LogP contribution in [0.1, 0.15) is 35.2 Å². The number of pyridine rings is 1. The molecule has 11 heteroatoms. The fourth-order valence-electron chi connectivity index (χ4n) is 6.82. The molecular formula is C38H36F2N6O2S. The van der Waals surface area contributed by atoms with Gasteiger partial charge in [0.15, 0.2) is 0 Å². The molecule has 0 saturated carbocycles. The Morgan fingerprint density at radius 2 is 1.96 bits per heavy atom. The van der Waals surface area contributed by atoms with E-state index in [1.54, 1.807) is 4.90 Å². The van der Waals surface area contributed by atoms with Crippen LogP contribution in [0.15, 0.2) is 66.6 Å². The van der Waals surface area contributed by atoms with Gasteiger partial charge in [0.25, 0.3) is 0 Å². The molecule has 3 aromatic heterocycles. The number of ether oxygens (including phenoxy) is 1. The van der Waals surface area contributed by atoms with Crippen molar-refractivity contribution in [2.75, 3.05) is 32.1 Å². The Balaban J connectivity index is 1.54. The van der Waals surface area contributed by atoms with Crippen LogP contribution in [0, 0.1) is 17.0 Å². The van der Waals surface area contributed by atoms with Crippen molar-refractivity contribution in [3.05, 3.63) is 101 Å². The highest BCUT2D eigenvalue weighted by Crippen LogP contribution is 2.46. The van der Waals surface area contributed by atoms with Crippen LogP contribution in [0.3, 0.4) is 0 Å². The van der Waals surface area contributed by atoms with E-state index in [1.165, 1.54) is 29.7 Å². The lowest BCUT2D eigenvalue weighted by molar-refractivity contribution is -0.127. The SMILES string of the molecule is C=CC(=O)N1CCn2nc(-c3nc4c5ccsc5c3-c3c(F)cc(F)cc3CCCOC/C=C/CCc3cc(NC)c(C=N)cc3-4)cc2C1. The molecule has 2 bridgehead atoms. The number of allylic oxidation sites excluding steroid dienone is 1. The molecule has 250 valence electrons. The van der Waals surface area contributed by atoms with Crippen molar-refractivity contribution in [2.24, 2.45) is 0 Å². The van der Waals surface area contributed by atoms with Gasteiger partial charge in [-0.3, -0.25) is 9.48 Å². The van der Waals surface area contributed by atoms with Crippen LogP contribution in [-0.2, 0) is 35.5 Å². The Labute approximate surface area is 287 Å². The van der Waals surface area contributed by atoms with E-state index in [4.69, 9.17) is 20.2 Å². The first-order valence-corrected chi connectivity index (χ1v) is 17.2. The normalized spacial score (nSPS) is 15.6. The maximum Gasteiger partial charge on any atom is 0.246 e. The zero-order valence-electron chi connectivity index (χ0n) is 27.2. The molecule has 2 aliphatic rings. The Hall–Kier alpha value is -5.00. The van der Waals surface area contributed by atoms with E-state index in [1.807, 2.05) is 41.4 Å². The van der Waals surface area contributed by atoms with Gasteiger partial charge in [-0.2, -0.15) is 5.10 Å². The van der Waals surface area contributed by atoms with E-state index in [9.17, 15) is 9.18 Å². The molecule has 2 aromatic carbocycles. The number of halogens is 2. The number of aryl methyl sites for hydroxylation is 2. The molecular weight excluding hydrogens is 643 g/mol. The number of amides is 1. The summed E-state index contributed by atoms with van der Waals surface area (Å²) in [6.45, 7) is 5.85. The van der Waals surface area contributed by atoms with E-state index >= 15 is 4.39 Å². The second-order valence-electron chi connectivity index (χ2n) is 12.2. The Morgan fingerprint density at radius 3 is 2.78 bits per heavy atom. The fraction of sp³-hybridized carbons (Fsp3) is 0.263. The summed E-state index contributed by atoms with van der Waals surface area (Å²) in [6.07, 6.45) is 9.20. The third-order valence-corrected chi connectivity index (χ3v) is 10.1. The van der Waals surface area contributed by atoms with Crippen LogP contribution >= 0.6 is 11.3 Å². The number of benzene rings is 2. The topological polar surface area (TPSA) is 96.1 Å². The van der Waals surface area contributed by atoms with Gasteiger partial charge in [0.2, 0.25) is 5.91 Å². The number of aromatic nitrogens is 3. The minimum absolute atomic E-state index is 0.157. The molecule has 8 nitrogen and oxygen atoms in total. The maximum atomic E-state index is 16.3. The Bertz CT molecular complexity index is 2130. The first-order valence-electron chi connectivity index (χ1n) is 16.4. The van der Waals surface area contributed by atoms with Crippen LogP contribution < -0.4 is 5.32 Å². The molecule has 0 spiro atoms. The third kappa shape index (κ3) is 6.20. The molecule has 2 aliphatic heterocycles. The zero-order valence-corrected chi connectivity index (χ0v) is 28.0. The molecule has 0 saturated heterocycles. The number of thiophene rings is 1. The van der Waals surface area contributed by atoms with E-state index in [0.717, 1.165) is 45.1 Å². The van der Waals surface area contributed by atoms with Crippen molar-refractivity contribution in [1.82, 2.24) is 19.7 Å². The van der Waals surface area contributed by atoms with Crippen molar-refractivity contribution < 1.29 is 18.3 Å². The summed E-state index contributed by atoms with van der Waals surface area (Å²) in [6, 6.07) is 10.3. The number of anilines is 1. The van der Waals surface area contributed by atoms with E-state index < -0.39 is 11.6 Å². The van der Waals surface area contributed by atoms with Gasteiger partial charge in [-0.1, -0.05) is 18.7 Å². The highest BCUT2D eigenvalue weighted by molar-refractivity contribution is 7.18. The minimum Gasteiger partial charge on any atom is -0.388 e. The van der Waals surface area contributed by atoms with E-state index in [2.05, 4.69) is 24.0 Å². The summed E-state index contributed by atoms with van der Waals surface area (Å²) in [4.78, 5) is 19.6. The molecule has 0 aliphatic carbocycles. The van der Waals surface area contributed by atoms with Crippen molar-refractivity contribution >= 4 is 39.2 Å². The lowest BCUT2D eigenvalue weighted by atomic mass is 9.90. The monoisotopic (exact) mass is 678 g/mol. The summed E-state index contributed by atoms with van der Waals surface area (Å²) in [7, 11) is 1.84. The van der Waals surface area contributed by atoms with Gasteiger partial charge in [0, 0.05) is 70.5 Å². The van der Waals surface area contributed by atoms with Gasteiger partial charge in [0.1, 0.15) is 23.0 Å². The predicted octanol–water partition coefficient (Wildman–Crippen LogP) is 7.79. The number of rotatable bonds is 4. The minimum atomic E-state index is -0.667. The van der Waals surface area contributed by atoms with Crippen LogP contribution in [0.25, 0.3) is 43.9 Å². The van der Waals surface area contributed by atoms with Crippen LogP contribution in [0.2, 0.25) is 0 Å². The Morgan fingerprint density at radius 1 is 1.08 bits per heavy atom. The van der Waals surface area contributed by atoms with Gasteiger partial charge in [0.05, 0.1) is 31.1 Å². The third-order valence-electron chi connectivity index (χ3n) is 9.17. The fourth-order valence-corrected chi connectivity index (χ4v) is 7.76. The molecule has 0 fully saturated rings. The molecule has 5 heterocycles. The summed E-state index contributed by atoms with van der Waals surface area (Å²) < 4.78 is 39.7. The maximum absolute atomic E-state index is 16.3. The number of hydrogen-bond acceptors (Lipinski definition) is 7. The van der Waals surface area contributed by atoms with Crippen molar-refractivity contribution in [3.63, 3.8) is 0 Å². The molecule has 0 atom stereocenters. The van der Waals surface area contributed by atoms with Crippen molar-refractivity contribution in [2.45, 2.75) is 38.8 Å². The van der Waals surface area contributed by atoms with Gasteiger partial charge in [-0.15, -0.1) is 11.3 Å². The predicted molar refractivity (Wildman–Crippen MR) is 191 cm³/mol. The van der Waals surface area contributed by atoms with E-state index in [-0.39, 0.29) is 5.91 Å². The average Bonchev–Trinajstić information content (AvgIpc) is 3.77. The summed E-state index contributed by atoms with van der Waals surface area (Å²) >= 11 is 1.48. The average molecular weight is 679 g/mol. The zero-order chi connectivity index (χ0) is 34.1. The summed E-state index contributed by atoms with van der Waals surface area (Å²) in [5, 5.41) is 19.2. The highest BCUT2D eigenvalue weighted by Gasteiger charge is 2.28. The number of carbonyl (C=O) groups excluding carboxylic acids is 1. The quantitative estimate of drug-likeness (QED) is 0.115. The van der Waals surface area contributed by atoms with Gasteiger partial charge >= 0.3 is 0 Å². The van der Waals surface area contributed by atoms with Crippen molar-refractivity contribution in [3.8, 4) is 33.8 Å². The van der Waals surface area contributed by atoms with Crippen LogP contribution in [0.5, 0.6) is 0 Å². The van der Waals surface area contributed by atoms with Gasteiger partial charge in [-0.05, 0) is 78.6 Å². The highest BCUT2D eigenvalue weighted by atomic mass is 32.1. The summed E-state index contributed by atoms with van der Waals surface area (Å²) in [5.74, 6) is -1.47. The molecule has 7 rings (SSSR count). The van der Waals surface area contributed by atoms with Gasteiger partial charge < -0.3 is 20.4 Å². The molecule has 49 heavy (non-hydrogen) atoms. The number of carbonyl (C=O) groups is 1. The Kier molecular flexibility index (Phi) is 9.20. The number of hydrogen-bond donors (Lipinski definition) is 2. The van der Waals surface area contributed by atoms with Crippen LogP contribution in [0.4, 0.5) is 14.5 Å². The summed E-state index contributed by atoms with van der Waals surface area (Å²) in [5.41, 5.74) is 7.38. The molecule has 0 unspecified atom stereocenters. The standard InChI is InChI=1S/C38H36F2N6O2S/c1-3-33(47)45-11-12-46-27(22-45)20-32(44-46)37-35-34-24(16-26(39)19-30(34)40)9-7-14-48-13-6-4-5-8-23-18-31(42-2)25(21-41)17-29(23)36(43-37)28-10-15-49-38(28)35/h3-4,6,10,15-21,41-42H,1,5,7-9,11-14,22H2,2H3/b6-4+,41-21?. The lowest BCUT2D eigenvalue weighted by Crippen LogP contribution is -2.37. The molecule has 2 N–H and O–H groups in total. The lowest BCUT2D eigenvalue weighted by Gasteiger charge is -2.26. The second kappa shape index (κ2) is 13.9. The second-order valence-corrected chi connectivity index (χ2v) is 13.1. The molecule has 5 aromatic rings. The number of fused-ring (bicyclic) bond motifs is 5. The van der Waals surface area contributed by atoms with Crippen LogP contribution in [-0.4, -0.2) is 58.6 Å². The number of nitrogens with zero attached hydrogens (tertiary/aromatic N) is 4.